The lowest BCUT2D eigenvalue weighted by Gasteiger charge is -2.26. The van der Waals surface area contributed by atoms with Crippen molar-refractivity contribution < 1.29 is 13.6 Å². The summed E-state index contributed by atoms with van der Waals surface area (Å²) in [6, 6.07) is 21.2. The first-order valence-electron chi connectivity index (χ1n) is 15.0. The highest BCUT2D eigenvalue weighted by atomic mass is 35.5. The molecule has 1 amide bonds. The number of halogens is 1. The van der Waals surface area contributed by atoms with Crippen LogP contribution in [0.3, 0.4) is 0 Å². The molecule has 226 valence electrons. The molecule has 0 bridgehead atoms. The zero-order chi connectivity index (χ0) is 31.0. The van der Waals surface area contributed by atoms with Gasteiger partial charge in [-0.15, -0.1) is 10.2 Å². The Balaban J connectivity index is 0.000000409. The Morgan fingerprint density at radius 1 is 1.07 bits per heavy atom. The number of nitrogens with two attached hydrogens (primary N) is 1. The number of aromatic nitrogens is 2. The van der Waals surface area contributed by atoms with Gasteiger partial charge in [-0.3, -0.25) is 4.79 Å². The van der Waals surface area contributed by atoms with E-state index in [-0.39, 0.29) is 17.8 Å². The number of furan rings is 1. The normalized spacial score (nSPS) is 17.7. The standard InChI is InChI=1S/C25H26ClN5O3.C7H8.C2H6/c1-15(28)22-29-30-23(34-22)16-11-17(13-18(12-16)25(14-27)8-2-3-9-25)24(32)31-10-4-5-19(31)20-6-7-21(26)33-20;1-7-5-3-2-4-6-7;1-2/h6-7,11-13,15,19H,2-5,8-10,28H2,1H3;2-6H,1H3;1-2H3. The molecule has 1 aliphatic carbocycles. The molecule has 1 saturated heterocycles. The molecule has 1 saturated carbocycles. The van der Waals surface area contributed by atoms with Crippen LogP contribution in [-0.2, 0) is 5.41 Å². The van der Waals surface area contributed by atoms with Gasteiger partial charge in [0.25, 0.3) is 5.91 Å². The Labute approximate surface area is 258 Å². The number of likely N-dealkylation sites (tertiary alicyclic amines) is 1. The number of nitriles is 1. The third-order valence-electron chi connectivity index (χ3n) is 7.86. The second kappa shape index (κ2) is 14.5. The molecule has 2 aromatic heterocycles. The monoisotopic (exact) mass is 601 g/mol. The average Bonchev–Trinajstić information content (AvgIpc) is 3.85. The first-order valence-corrected chi connectivity index (χ1v) is 15.4. The lowest BCUT2D eigenvalue weighted by atomic mass is 9.79. The van der Waals surface area contributed by atoms with E-state index in [0.29, 0.717) is 34.5 Å². The summed E-state index contributed by atoms with van der Waals surface area (Å²) in [6.07, 6.45) is 5.13. The molecule has 1 aliphatic heterocycles. The van der Waals surface area contributed by atoms with Gasteiger partial charge in [0.2, 0.25) is 11.8 Å². The van der Waals surface area contributed by atoms with Crippen molar-refractivity contribution in [2.75, 3.05) is 6.54 Å². The van der Waals surface area contributed by atoms with Crippen LogP contribution in [0.4, 0.5) is 0 Å². The van der Waals surface area contributed by atoms with E-state index in [4.69, 9.17) is 26.2 Å². The van der Waals surface area contributed by atoms with Crippen molar-refractivity contribution in [1.82, 2.24) is 15.1 Å². The van der Waals surface area contributed by atoms with Crippen molar-refractivity contribution >= 4 is 17.5 Å². The van der Waals surface area contributed by atoms with Gasteiger partial charge in [-0.25, -0.2) is 0 Å². The van der Waals surface area contributed by atoms with Crippen LogP contribution in [0.5, 0.6) is 0 Å². The number of carbonyl (C=O) groups is 1. The molecule has 0 radical (unpaired) electrons. The Morgan fingerprint density at radius 2 is 1.79 bits per heavy atom. The van der Waals surface area contributed by atoms with Crippen LogP contribution in [0, 0.1) is 18.3 Å². The molecule has 3 heterocycles. The second-order valence-electron chi connectivity index (χ2n) is 10.9. The maximum absolute atomic E-state index is 13.8. The molecule has 6 rings (SSSR count). The number of hydrogen-bond acceptors (Lipinski definition) is 7. The van der Waals surface area contributed by atoms with E-state index in [2.05, 4.69) is 35.3 Å². The van der Waals surface area contributed by atoms with Gasteiger partial charge in [-0.2, -0.15) is 5.26 Å². The molecule has 4 aromatic rings. The fourth-order valence-corrected chi connectivity index (χ4v) is 5.79. The van der Waals surface area contributed by atoms with E-state index < -0.39 is 11.5 Å². The highest BCUT2D eigenvalue weighted by Crippen LogP contribution is 2.43. The summed E-state index contributed by atoms with van der Waals surface area (Å²) < 4.78 is 11.4. The van der Waals surface area contributed by atoms with E-state index >= 15 is 0 Å². The van der Waals surface area contributed by atoms with E-state index in [1.807, 2.05) is 55.1 Å². The maximum atomic E-state index is 13.8. The van der Waals surface area contributed by atoms with Crippen LogP contribution in [0.15, 0.2) is 69.5 Å². The number of carbonyl (C=O) groups excluding carboxylic acids is 1. The van der Waals surface area contributed by atoms with Crippen molar-refractivity contribution in [1.29, 1.82) is 5.26 Å². The highest BCUT2D eigenvalue weighted by Gasteiger charge is 2.38. The molecule has 9 heteroatoms. The summed E-state index contributed by atoms with van der Waals surface area (Å²) in [5, 5.41) is 18.6. The number of hydrogen-bond donors (Lipinski definition) is 1. The first kappa shape index (κ1) is 32.0. The molecule has 2 fully saturated rings. The minimum Gasteiger partial charge on any atom is -0.448 e. The van der Waals surface area contributed by atoms with Gasteiger partial charge in [0.15, 0.2) is 5.22 Å². The second-order valence-corrected chi connectivity index (χ2v) is 11.3. The maximum Gasteiger partial charge on any atom is 0.254 e. The van der Waals surface area contributed by atoms with Gasteiger partial charge in [-0.1, -0.05) is 62.6 Å². The van der Waals surface area contributed by atoms with Gasteiger partial charge >= 0.3 is 0 Å². The van der Waals surface area contributed by atoms with Crippen molar-refractivity contribution in [2.24, 2.45) is 5.73 Å². The lowest BCUT2D eigenvalue weighted by Crippen LogP contribution is -2.31. The Bertz CT molecular complexity index is 1530. The summed E-state index contributed by atoms with van der Waals surface area (Å²) in [6.45, 7) is 8.46. The number of amides is 1. The fourth-order valence-electron chi connectivity index (χ4n) is 5.64. The topological polar surface area (TPSA) is 122 Å². The largest absolute Gasteiger partial charge is 0.448 e. The Morgan fingerprint density at radius 3 is 2.35 bits per heavy atom. The van der Waals surface area contributed by atoms with Crippen LogP contribution in [-0.4, -0.2) is 27.5 Å². The fraction of sp³-hybridized carbons (Fsp3) is 0.412. The number of aryl methyl sites for hydroxylation is 1. The molecular formula is C34H40ClN5O3. The molecular weight excluding hydrogens is 562 g/mol. The lowest BCUT2D eigenvalue weighted by molar-refractivity contribution is 0.0720. The summed E-state index contributed by atoms with van der Waals surface area (Å²) in [5.41, 5.74) is 8.49. The summed E-state index contributed by atoms with van der Waals surface area (Å²) >= 11 is 5.99. The summed E-state index contributed by atoms with van der Waals surface area (Å²) in [4.78, 5) is 15.6. The zero-order valence-electron chi connectivity index (χ0n) is 25.3. The smallest absolute Gasteiger partial charge is 0.254 e. The third kappa shape index (κ3) is 7.35. The first-order chi connectivity index (χ1) is 20.8. The van der Waals surface area contributed by atoms with E-state index in [1.54, 1.807) is 19.1 Å². The Kier molecular flexibility index (Phi) is 10.8. The van der Waals surface area contributed by atoms with Gasteiger partial charge in [0.1, 0.15) is 5.76 Å². The van der Waals surface area contributed by atoms with E-state index in [1.165, 1.54) is 5.56 Å². The summed E-state index contributed by atoms with van der Waals surface area (Å²) in [7, 11) is 0. The van der Waals surface area contributed by atoms with Crippen LogP contribution in [0.25, 0.3) is 11.5 Å². The predicted molar refractivity (Wildman–Crippen MR) is 167 cm³/mol. The number of rotatable bonds is 5. The van der Waals surface area contributed by atoms with Crippen LogP contribution < -0.4 is 5.73 Å². The highest BCUT2D eigenvalue weighted by molar-refractivity contribution is 6.28. The van der Waals surface area contributed by atoms with Gasteiger partial charge in [-0.05, 0) is 87.0 Å². The number of nitrogens with zero attached hydrogens (tertiary/aromatic N) is 4. The zero-order valence-corrected chi connectivity index (χ0v) is 26.1. The molecule has 2 atom stereocenters. The van der Waals surface area contributed by atoms with Crippen LogP contribution >= 0.6 is 11.6 Å². The average molecular weight is 602 g/mol. The minimum atomic E-state index is -0.631. The molecule has 43 heavy (non-hydrogen) atoms. The quantitative estimate of drug-likeness (QED) is 0.244. The Hall–Kier alpha value is -3.93. The molecule has 2 unspecified atom stereocenters. The van der Waals surface area contributed by atoms with Crippen molar-refractivity contribution in [2.45, 2.75) is 83.7 Å². The minimum absolute atomic E-state index is 0.129. The molecule has 2 aliphatic rings. The molecule has 8 nitrogen and oxygen atoms in total. The number of benzene rings is 2. The van der Waals surface area contributed by atoms with E-state index in [9.17, 15) is 10.1 Å². The van der Waals surface area contributed by atoms with E-state index in [0.717, 1.165) is 44.1 Å². The SMILES string of the molecule is CC.CC(N)c1nnc(-c2cc(C(=O)N3CCCC3c3ccc(Cl)o3)cc(C3(C#N)CCCC3)c2)o1.Cc1ccccc1. The van der Waals surface area contributed by atoms with Crippen LogP contribution in [0.2, 0.25) is 5.22 Å². The molecule has 2 aromatic carbocycles. The molecule has 2 N–H and O–H groups in total. The van der Waals surface area contributed by atoms with Crippen LogP contribution in [0.1, 0.15) is 105 Å². The predicted octanol–water partition coefficient (Wildman–Crippen LogP) is 8.34. The van der Waals surface area contributed by atoms with Gasteiger partial charge < -0.3 is 19.5 Å². The summed E-state index contributed by atoms with van der Waals surface area (Å²) in [5.74, 6) is 1.15. The van der Waals surface area contributed by atoms with Crippen molar-refractivity contribution in [3.8, 4) is 17.5 Å². The van der Waals surface area contributed by atoms with Crippen molar-refractivity contribution in [3.63, 3.8) is 0 Å². The van der Waals surface area contributed by atoms with Gasteiger partial charge in [0.05, 0.1) is 23.6 Å². The van der Waals surface area contributed by atoms with Crippen molar-refractivity contribution in [3.05, 3.63) is 94.2 Å². The van der Waals surface area contributed by atoms with Gasteiger partial charge in [0, 0.05) is 17.7 Å². The molecule has 0 spiro atoms. The third-order valence-corrected chi connectivity index (χ3v) is 8.06.